The van der Waals surface area contributed by atoms with E-state index in [9.17, 15) is 0 Å². The second kappa shape index (κ2) is 5.16. The molecule has 1 aromatic rings. The smallest absolute Gasteiger partial charge is 0.192 e. The first-order valence-corrected chi connectivity index (χ1v) is 7.80. The third-order valence-corrected chi connectivity index (χ3v) is 5.20. The van der Waals surface area contributed by atoms with Crippen LogP contribution in [0.2, 0.25) is 0 Å². The molecule has 0 aromatic heterocycles. The van der Waals surface area contributed by atoms with Gasteiger partial charge in [0, 0.05) is 10.5 Å². The Morgan fingerprint density at radius 2 is 2.05 bits per heavy atom. The molecule has 1 aliphatic heterocycles. The molecule has 19 heavy (non-hydrogen) atoms. The van der Waals surface area contributed by atoms with Gasteiger partial charge < -0.3 is 10.6 Å². The molecule has 3 nitrogen and oxygen atoms in total. The molecule has 2 aliphatic rings. The van der Waals surface area contributed by atoms with Gasteiger partial charge >= 0.3 is 0 Å². The highest BCUT2D eigenvalue weighted by Gasteiger charge is 2.34. The molecule has 102 valence electrons. The maximum Gasteiger partial charge on any atom is 0.192 e. The summed E-state index contributed by atoms with van der Waals surface area (Å²) in [6.45, 7) is 2.93. The Morgan fingerprint density at radius 1 is 1.32 bits per heavy atom. The zero-order chi connectivity index (χ0) is 13.4. The summed E-state index contributed by atoms with van der Waals surface area (Å²) >= 11 is 3.56. The van der Waals surface area contributed by atoms with E-state index in [1.807, 2.05) is 0 Å². The maximum absolute atomic E-state index is 6.12. The van der Waals surface area contributed by atoms with Crippen molar-refractivity contribution in [3.8, 4) is 0 Å². The molecule has 4 heteroatoms. The van der Waals surface area contributed by atoms with Crippen molar-refractivity contribution < 1.29 is 0 Å². The highest BCUT2D eigenvalue weighted by atomic mass is 79.9. The molecule has 0 spiro atoms. The molecule has 3 rings (SSSR count). The minimum atomic E-state index is 0.329. The third kappa shape index (κ3) is 2.38. The van der Waals surface area contributed by atoms with Gasteiger partial charge in [0.2, 0.25) is 0 Å². The zero-order valence-electron chi connectivity index (χ0n) is 11.3. The molecule has 0 amide bonds. The van der Waals surface area contributed by atoms with Crippen LogP contribution in [0, 0.1) is 6.92 Å². The Labute approximate surface area is 123 Å². The average Bonchev–Trinajstić information content (AvgIpc) is 3.01. The summed E-state index contributed by atoms with van der Waals surface area (Å²) in [5.41, 5.74) is 8.72. The zero-order valence-corrected chi connectivity index (χ0v) is 12.9. The number of hydrogen-bond acceptors (Lipinski definition) is 3. The minimum Gasteiger partial charge on any atom is -0.370 e. The van der Waals surface area contributed by atoms with E-state index in [2.05, 4.69) is 50.9 Å². The molecule has 0 bridgehead atoms. The van der Waals surface area contributed by atoms with Crippen molar-refractivity contribution in [2.24, 2.45) is 10.7 Å². The quantitative estimate of drug-likeness (QED) is 0.907. The van der Waals surface area contributed by atoms with Crippen LogP contribution in [-0.4, -0.2) is 23.4 Å². The highest BCUT2D eigenvalue weighted by molar-refractivity contribution is 9.10. The number of benzene rings is 1. The van der Waals surface area contributed by atoms with Gasteiger partial charge in [-0.2, -0.15) is 0 Å². The van der Waals surface area contributed by atoms with Gasteiger partial charge in [-0.3, -0.25) is 4.99 Å². The standard InChI is InChI=1S/C15H20BrN3/c1-10-8-11(6-7-13(10)16)14-9-18-15(17)19(14)12-4-2-3-5-12/h6-8,12,14H,2-5,9H2,1H3,(H2,17,18). The fraction of sp³-hybridized carbons (Fsp3) is 0.533. The average molecular weight is 322 g/mol. The van der Waals surface area contributed by atoms with Gasteiger partial charge in [0.1, 0.15) is 0 Å². The fourth-order valence-corrected chi connectivity index (χ4v) is 3.52. The Kier molecular flexibility index (Phi) is 3.52. The molecular formula is C15H20BrN3. The Morgan fingerprint density at radius 3 is 2.74 bits per heavy atom. The van der Waals surface area contributed by atoms with Crippen molar-refractivity contribution in [1.29, 1.82) is 0 Å². The summed E-state index contributed by atoms with van der Waals surface area (Å²) in [6, 6.07) is 7.49. The summed E-state index contributed by atoms with van der Waals surface area (Å²) < 4.78 is 1.16. The van der Waals surface area contributed by atoms with Crippen molar-refractivity contribution in [2.45, 2.75) is 44.7 Å². The SMILES string of the molecule is Cc1cc(C2CN=C(N)N2C2CCCC2)ccc1Br. The monoisotopic (exact) mass is 321 g/mol. The van der Waals surface area contributed by atoms with E-state index < -0.39 is 0 Å². The van der Waals surface area contributed by atoms with Gasteiger partial charge in [-0.1, -0.05) is 40.9 Å². The largest absolute Gasteiger partial charge is 0.370 e. The number of rotatable bonds is 2. The molecule has 1 atom stereocenters. The Balaban J connectivity index is 1.88. The molecule has 2 N–H and O–H groups in total. The van der Waals surface area contributed by atoms with Gasteiger partial charge in [-0.25, -0.2) is 0 Å². The number of nitrogens with two attached hydrogens (primary N) is 1. The molecule has 0 saturated heterocycles. The second-order valence-electron chi connectivity index (χ2n) is 5.57. The van der Waals surface area contributed by atoms with Crippen LogP contribution < -0.4 is 5.73 Å². The Bertz CT molecular complexity index is 506. The van der Waals surface area contributed by atoms with Crippen LogP contribution in [0.3, 0.4) is 0 Å². The second-order valence-corrected chi connectivity index (χ2v) is 6.42. The number of hydrogen-bond donors (Lipinski definition) is 1. The minimum absolute atomic E-state index is 0.329. The molecule has 1 fully saturated rings. The molecular weight excluding hydrogens is 302 g/mol. The summed E-state index contributed by atoms with van der Waals surface area (Å²) in [5, 5.41) is 0. The van der Waals surface area contributed by atoms with E-state index in [1.54, 1.807) is 0 Å². The van der Waals surface area contributed by atoms with Crippen molar-refractivity contribution in [3.05, 3.63) is 33.8 Å². The van der Waals surface area contributed by atoms with Gasteiger partial charge in [0.05, 0.1) is 12.6 Å². The molecule has 0 radical (unpaired) electrons. The first-order chi connectivity index (χ1) is 9.16. The third-order valence-electron chi connectivity index (χ3n) is 4.31. The lowest BCUT2D eigenvalue weighted by Gasteiger charge is -2.32. The topological polar surface area (TPSA) is 41.6 Å². The molecule has 1 unspecified atom stereocenters. The normalized spacial score (nSPS) is 24.0. The van der Waals surface area contributed by atoms with Crippen molar-refractivity contribution in [2.75, 3.05) is 6.54 Å². The van der Waals surface area contributed by atoms with E-state index in [0.29, 0.717) is 12.1 Å². The van der Waals surface area contributed by atoms with E-state index in [1.165, 1.54) is 36.8 Å². The summed E-state index contributed by atoms with van der Waals surface area (Å²) in [6.07, 6.45) is 5.14. The predicted octanol–water partition coefficient (Wildman–Crippen LogP) is 3.37. The molecule has 1 aromatic carbocycles. The summed E-state index contributed by atoms with van der Waals surface area (Å²) in [4.78, 5) is 6.84. The van der Waals surface area contributed by atoms with Crippen LogP contribution in [0.5, 0.6) is 0 Å². The first-order valence-electron chi connectivity index (χ1n) is 7.01. The van der Waals surface area contributed by atoms with E-state index >= 15 is 0 Å². The van der Waals surface area contributed by atoms with E-state index in [-0.39, 0.29) is 0 Å². The van der Waals surface area contributed by atoms with Gasteiger partial charge in [0.15, 0.2) is 5.96 Å². The lowest BCUT2D eigenvalue weighted by Crippen LogP contribution is -2.42. The number of guanidine groups is 1. The fourth-order valence-electron chi connectivity index (χ4n) is 3.27. The van der Waals surface area contributed by atoms with Gasteiger partial charge in [-0.05, 0) is 37.0 Å². The highest BCUT2D eigenvalue weighted by Crippen LogP contribution is 2.35. The van der Waals surface area contributed by atoms with Crippen LogP contribution in [0.4, 0.5) is 0 Å². The molecule has 1 saturated carbocycles. The van der Waals surface area contributed by atoms with Crippen LogP contribution in [0.1, 0.15) is 42.9 Å². The van der Waals surface area contributed by atoms with Crippen LogP contribution in [-0.2, 0) is 0 Å². The number of nitrogens with zero attached hydrogens (tertiary/aromatic N) is 2. The summed E-state index contributed by atoms with van der Waals surface area (Å²) in [5.74, 6) is 0.734. The predicted molar refractivity (Wildman–Crippen MR) is 82.2 cm³/mol. The lowest BCUT2D eigenvalue weighted by atomic mass is 10.0. The first kappa shape index (κ1) is 13.0. The van der Waals surface area contributed by atoms with E-state index in [0.717, 1.165) is 17.0 Å². The maximum atomic E-state index is 6.12. The number of aliphatic imine (C=N–C) groups is 1. The number of halogens is 1. The van der Waals surface area contributed by atoms with Crippen molar-refractivity contribution in [1.82, 2.24) is 4.90 Å². The summed E-state index contributed by atoms with van der Waals surface area (Å²) in [7, 11) is 0. The molecule has 1 heterocycles. The lowest BCUT2D eigenvalue weighted by molar-refractivity contribution is 0.262. The number of aryl methyl sites for hydroxylation is 1. The Hall–Kier alpha value is -1.03. The van der Waals surface area contributed by atoms with Crippen LogP contribution in [0.25, 0.3) is 0 Å². The molecule has 1 aliphatic carbocycles. The van der Waals surface area contributed by atoms with Crippen molar-refractivity contribution >= 4 is 21.9 Å². The van der Waals surface area contributed by atoms with Crippen LogP contribution >= 0.6 is 15.9 Å². The van der Waals surface area contributed by atoms with Crippen LogP contribution in [0.15, 0.2) is 27.7 Å². The van der Waals surface area contributed by atoms with Crippen molar-refractivity contribution in [3.63, 3.8) is 0 Å². The van der Waals surface area contributed by atoms with Gasteiger partial charge in [-0.15, -0.1) is 0 Å². The van der Waals surface area contributed by atoms with E-state index in [4.69, 9.17) is 5.73 Å². The van der Waals surface area contributed by atoms with Gasteiger partial charge in [0.25, 0.3) is 0 Å².